The summed E-state index contributed by atoms with van der Waals surface area (Å²) in [7, 11) is -3.49. The molecule has 2 heterocycles. The van der Waals surface area contributed by atoms with Gasteiger partial charge in [0.1, 0.15) is 5.82 Å². The summed E-state index contributed by atoms with van der Waals surface area (Å²) in [6, 6.07) is 5.92. The van der Waals surface area contributed by atoms with Gasteiger partial charge in [0.25, 0.3) is 0 Å². The van der Waals surface area contributed by atoms with Gasteiger partial charge in [-0.1, -0.05) is 23.4 Å². The SMILES string of the molecule is O=S(=O)(Cc1ccccc1F)N1CC(n2ccnn2)C1. The lowest BCUT2D eigenvalue weighted by atomic mass is 10.2. The third-order valence-corrected chi connectivity index (χ3v) is 5.09. The van der Waals surface area contributed by atoms with Crippen LogP contribution in [-0.4, -0.2) is 40.8 Å². The molecule has 1 aliphatic heterocycles. The van der Waals surface area contributed by atoms with E-state index in [1.54, 1.807) is 23.1 Å². The number of sulfonamides is 1. The topological polar surface area (TPSA) is 68.1 Å². The first-order valence-electron chi connectivity index (χ1n) is 6.13. The van der Waals surface area contributed by atoms with Gasteiger partial charge in [-0.25, -0.2) is 17.5 Å². The summed E-state index contributed by atoms with van der Waals surface area (Å²) >= 11 is 0. The molecule has 0 N–H and O–H groups in total. The first-order chi connectivity index (χ1) is 9.56. The molecule has 1 fully saturated rings. The van der Waals surface area contributed by atoms with Crippen molar-refractivity contribution in [3.63, 3.8) is 0 Å². The Balaban J connectivity index is 1.67. The molecule has 1 aromatic carbocycles. The lowest BCUT2D eigenvalue weighted by Gasteiger charge is -2.37. The first kappa shape index (κ1) is 13.2. The smallest absolute Gasteiger partial charge is 0.218 e. The van der Waals surface area contributed by atoms with Crippen LogP contribution in [0.4, 0.5) is 4.39 Å². The molecule has 20 heavy (non-hydrogen) atoms. The minimum Gasteiger partial charge on any atom is -0.247 e. The minimum absolute atomic E-state index is 0.00731. The summed E-state index contributed by atoms with van der Waals surface area (Å²) in [5.41, 5.74) is 0.191. The molecule has 0 unspecified atom stereocenters. The van der Waals surface area contributed by atoms with Gasteiger partial charge in [0.15, 0.2) is 0 Å². The van der Waals surface area contributed by atoms with Crippen LogP contribution >= 0.6 is 0 Å². The van der Waals surface area contributed by atoms with E-state index in [9.17, 15) is 12.8 Å². The molecule has 0 atom stereocenters. The fourth-order valence-electron chi connectivity index (χ4n) is 2.13. The van der Waals surface area contributed by atoms with Gasteiger partial charge in [-0.2, -0.15) is 4.31 Å². The molecule has 0 amide bonds. The summed E-state index contributed by atoms with van der Waals surface area (Å²) in [4.78, 5) is 0. The normalized spacial score (nSPS) is 17.1. The summed E-state index contributed by atoms with van der Waals surface area (Å²) in [6.07, 6.45) is 3.25. The highest BCUT2D eigenvalue weighted by molar-refractivity contribution is 7.88. The molecule has 106 valence electrons. The summed E-state index contributed by atoms with van der Waals surface area (Å²) in [5.74, 6) is -0.812. The van der Waals surface area contributed by atoms with Gasteiger partial charge in [-0.15, -0.1) is 5.10 Å². The number of hydrogen-bond donors (Lipinski definition) is 0. The molecule has 0 aliphatic carbocycles. The van der Waals surface area contributed by atoms with Crippen molar-refractivity contribution in [2.24, 2.45) is 0 Å². The number of rotatable bonds is 4. The van der Waals surface area contributed by atoms with Crippen LogP contribution < -0.4 is 0 Å². The molecule has 8 heteroatoms. The van der Waals surface area contributed by atoms with E-state index >= 15 is 0 Å². The monoisotopic (exact) mass is 296 g/mol. The maximum absolute atomic E-state index is 13.5. The van der Waals surface area contributed by atoms with Gasteiger partial charge in [0, 0.05) is 24.8 Å². The Morgan fingerprint density at radius 2 is 2.05 bits per heavy atom. The maximum Gasteiger partial charge on any atom is 0.218 e. The molecule has 0 spiro atoms. The molecular formula is C12H13FN4O2S. The zero-order valence-corrected chi connectivity index (χ0v) is 11.4. The molecule has 0 bridgehead atoms. The Bertz CT molecular complexity index is 696. The quantitative estimate of drug-likeness (QED) is 0.837. The molecule has 0 radical (unpaired) electrons. The second-order valence-electron chi connectivity index (χ2n) is 4.70. The molecule has 1 saturated heterocycles. The van der Waals surface area contributed by atoms with Gasteiger partial charge >= 0.3 is 0 Å². The highest BCUT2D eigenvalue weighted by atomic mass is 32.2. The fourth-order valence-corrected chi connectivity index (χ4v) is 3.73. The van der Waals surface area contributed by atoms with Gasteiger partial charge in [-0.3, -0.25) is 0 Å². The average molecular weight is 296 g/mol. The van der Waals surface area contributed by atoms with Crippen LogP contribution in [0.25, 0.3) is 0 Å². The number of benzene rings is 1. The van der Waals surface area contributed by atoms with Crippen LogP contribution in [0.15, 0.2) is 36.7 Å². The second kappa shape index (κ2) is 4.95. The number of nitrogens with zero attached hydrogens (tertiary/aromatic N) is 4. The van der Waals surface area contributed by atoms with Crippen molar-refractivity contribution in [2.45, 2.75) is 11.8 Å². The van der Waals surface area contributed by atoms with Crippen molar-refractivity contribution in [1.82, 2.24) is 19.3 Å². The van der Waals surface area contributed by atoms with Crippen LogP contribution in [0.5, 0.6) is 0 Å². The molecule has 3 rings (SSSR count). The minimum atomic E-state index is -3.49. The first-order valence-corrected chi connectivity index (χ1v) is 7.74. The van der Waals surface area contributed by atoms with Gasteiger partial charge in [0.2, 0.25) is 10.0 Å². The van der Waals surface area contributed by atoms with E-state index in [0.29, 0.717) is 13.1 Å². The zero-order chi connectivity index (χ0) is 14.2. The van der Waals surface area contributed by atoms with E-state index in [2.05, 4.69) is 10.3 Å². The molecular weight excluding hydrogens is 283 g/mol. The van der Waals surface area contributed by atoms with E-state index in [4.69, 9.17) is 0 Å². The number of hydrogen-bond acceptors (Lipinski definition) is 4. The van der Waals surface area contributed by atoms with Crippen LogP contribution in [0.2, 0.25) is 0 Å². The number of aromatic nitrogens is 3. The number of halogens is 1. The summed E-state index contributed by atoms with van der Waals surface area (Å²) in [6.45, 7) is 0.695. The Labute approximate surface area is 115 Å². The lowest BCUT2D eigenvalue weighted by molar-refractivity contribution is 0.188. The van der Waals surface area contributed by atoms with E-state index in [-0.39, 0.29) is 17.4 Å². The molecule has 1 aliphatic rings. The highest BCUT2D eigenvalue weighted by Gasteiger charge is 2.37. The summed E-state index contributed by atoms with van der Waals surface area (Å²) < 4.78 is 40.8. The van der Waals surface area contributed by atoms with Crippen LogP contribution in [-0.2, 0) is 15.8 Å². The van der Waals surface area contributed by atoms with Crippen molar-refractivity contribution in [3.8, 4) is 0 Å². The predicted octanol–water partition coefficient (Wildman–Crippen LogP) is 0.804. The highest BCUT2D eigenvalue weighted by Crippen LogP contribution is 2.25. The van der Waals surface area contributed by atoms with Crippen molar-refractivity contribution in [3.05, 3.63) is 48.0 Å². The third-order valence-electron chi connectivity index (χ3n) is 3.33. The Hall–Kier alpha value is -1.80. The van der Waals surface area contributed by atoms with Crippen molar-refractivity contribution in [2.75, 3.05) is 13.1 Å². The van der Waals surface area contributed by atoms with Crippen molar-refractivity contribution in [1.29, 1.82) is 0 Å². The van der Waals surface area contributed by atoms with E-state index in [0.717, 1.165) is 0 Å². The summed E-state index contributed by atoms with van der Waals surface area (Å²) in [5, 5.41) is 7.53. The van der Waals surface area contributed by atoms with Gasteiger partial charge < -0.3 is 0 Å². The molecule has 2 aromatic rings. The predicted molar refractivity (Wildman–Crippen MR) is 69.7 cm³/mol. The average Bonchev–Trinajstić information content (AvgIpc) is 2.83. The van der Waals surface area contributed by atoms with E-state index in [1.165, 1.54) is 22.5 Å². The van der Waals surface area contributed by atoms with Crippen molar-refractivity contribution < 1.29 is 12.8 Å². The van der Waals surface area contributed by atoms with Gasteiger partial charge in [-0.05, 0) is 6.07 Å². The second-order valence-corrected chi connectivity index (χ2v) is 6.67. The standard InChI is InChI=1S/C12H13FN4O2S/c13-12-4-2-1-3-10(12)9-20(18,19)16-7-11(8-16)17-6-5-14-15-17/h1-6,11H,7-9H2. The molecule has 1 aromatic heterocycles. The van der Waals surface area contributed by atoms with Crippen LogP contribution in [0, 0.1) is 5.82 Å². The Morgan fingerprint density at radius 3 is 2.70 bits per heavy atom. The lowest BCUT2D eigenvalue weighted by Crippen LogP contribution is -2.51. The van der Waals surface area contributed by atoms with Crippen LogP contribution in [0.3, 0.4) is 0 Å². The van der Waals surface area contributed by atoms with Crippen molar-refractivity contribution >= 4 is 10.0 Å². The Morgan fingerprint density at radius 1 is 1.30 bits per heavy atom. The third kappa shape index (κ3) is 2.44. The fraction of sp³-hybridized carbons (Fsp3) is 0.333. The van der Waals surface area contributed by atoms with E-state index in [1.807, 2.05) is 0 Å². The van der Waals surface area contributed by atoms with E-state index < -0.39 is 15.8 Å². The van der Waals surface area contributed by atoms with Crippen LogP contribution in [0.1, 0.15) is 11.6 Å². The zero-order valence-electron chi connectivity index (χ0n) is 10.6. The molecule has 0 saturated carbocycles. The Kier molecular flexibility index (Phi) is 3.27. The van der Waals surface area contributed by atoms with Gasteiger partial charge in [0.05, 0.1) is 18.0 Å². The largest absolute Gasteiger partial charge is 0.247 e. The maximum atomic E-state index is 13.5. The molecule has 6 nitrogen and oxygen atoms in total.